The molecule has 0 saturated heterocycles. The van der Waals surface area contributed by atoms with Crippen molar-refractivity contribution < 1.29 is 19.2 Å². The van der Waals surface area contributed by atoms with E-state index >= 15 is 0 Å². The average molecular weight is 272 g/mol. The van der Waals surface area contributed by atoms with Gasteiger partial charge in [-0.15, -0.1) is 0 Å². The van der Waals surface area contributed by atoms with Crippen LogP contribution in [0.15, 0.2) is 48.5 Å². The minimum atomic E-state index is -1.53. The number of halogens is 1. The fourth-order valence-corrected chi connectivity index (χ4v) is 1.89. The Morgan fingerprint density at radius 1 is 1.00 bits per heavy atom. The molecule has 0 spiro atoms. The number of hydrogen-bond acceptors (Lipinski definition) is 3. The van der Waals surface area contributed by atoms with E-state index in [1.54, 1.807) is 24.3 Å². The zero-order valence-electron chi connectivity index (χ0n) is 10.8. The fourth-order valence-electron chi connectivity index (χ4n) is 1.89. The second kappa shape index (κ2) is 6.46. The van der Waals surface area contributed by atoms with Gasteiger partial charge in [-0.05, 0) is 29.6 Å². The minimum absolute atomic E-state index is 0.0340. The third kappa shape index (κ3) is 3.76. The molecule has 0 aromatic heterocycles. The first-order valence-corrected chi connectivity index (χ1v) is 6.30. The first-order valence-electron chi connectivity index (χ1n) is 6.30. The van der Waals surface area contributed by atoms with Crippen LogP contribution < -0.4 is 5.46 Å². The van der Waals surface area contributed by atoms with Crippen LogP contribution in [0.25, 0.3) is 0 Å². The van der Waals surface area contributed by atoms with Gasteiger partial charge in [0.25, 0.3) is 0 Å². The highest BCUT2D eigenvalue weighted by atomic mass is 19.1. The molecule has 20 heavy (non-hydrogen) atoms. The van der Waals surface area contributed by atoms with E-state index in [1.165, 1.54) is 24.3 Å². The Hall–Kier alpha value is -1.98. The van der Waals surface area contributed by atoms with Gasteiger partial charge in [0.15, 0.2) is 5.78 Å². The zero-order chi connectivity index (χ0) is 14.5. The van der Waals surface area contributed by atoms with E-state index in [2.05, 4.69) is 0 Å². The van der Waals surface area contributed by atoms with Crippen molar-refractivity contribution in [1.29, 1.82) is 0 Å². The van der Waals surface area contributed by atoms with Gasteiger partial charge in [0.05, 0.1) is 0 Å². The lowest BCUT2D eigenvalue weighted by Crippen LogP contribution is -2.29. The van der Waals surface area contributed by atoms with E-state index in [-0.39, 0.29) is 11.6 Å². The quantitative estimate of drug-likeness (QED) is 0.637. The van der Waals surface area contributed by atoms with Crippen LogP contribution in [0, 0.1) is 5.82 Å². The summed E-state index contributed by atoms with van der Waals surface area (Å²) in [7, 11) is -1.53. The van der Waals surface area contributed by atoms with Gasteiger partial charge in [0.1, 0.15) is 5.82 Å². The number of rotatable bonds is 5. The topological polar surface area (TPSA) is 57.5 Å². The van der Waals surface area contributed by atoms with E-state index in [0.29, 0.717) is 23.9 Å². The monoisotopic (exact) mass is 272 g/mol. The van der Waals surface area contributed by atoms with Gasteiger partial charge in [-0.2, -0.15) is 0 Å². The summed E-state index contributed by atoms with van der Waals surface area (Å²) in [6, 6.07) is 12.2. The molecular weight excluding hydrogens is 258 g/mol. The molecule has 0 saturated carbocycles. The highest BCUT2D eigenvalue weighted by molar-refractivity contribution is 6.58. The maximum absolute atomic E-state index is 12.7. The normalized spacial score (nSPS) is 10.3. The van der Waals surface area contributed by atoms with E-state index in [9.17, 15) is 9.18 Å². The van der Waals surface area contributed by atoms with Crippen molar-refractivity contribution in [2.45, 2.75) is 12.8 Å². The molecule has 2 aromatic rings. The van der Waals surface area contributed by atoms with Crippen molar-refractivity contribution in [3.8, 4) is 0 Å². The summed E-state index contributed by atoms with van der Waals surface area (Å²) in [5.74, 6) is -0.327. The van der Waals surface area contributed by atoms with Crippen LogP contribution in [-0.4, -0.2) is 22.9 Å². The lowest BCUT2D eigenvalue weighted by Gasteiger charge is -2.04. The molecule has 0 atom stereocenters. The van der Waals surface area contributed by atoms with Gasteiger partial charge in [-0.1, -0.05) is 36.4 Å². The fraction of sp³-hybridized carbons (Fsp3) is 0.133. The summed E-state index contributed by atoms with van der Waals surface area (Å²) in [5.41, 5.74) is 1.78. The van der Waals surface area contributed by atoms with Gasteiger partial charge in [0.2, 0.25) is 0 Å². The van der Waals surface area contributed by atoms with Gasteiger partial charge >= 0.3 is 7.12 Å². The molecule has 0 bridgehead atoms. The van der Waals surface area contributed by atoms with Gasteiger partial charge < -0.3 is 10.0 Å². The Morgan fingerprint density at radius 2 is 1.60 bits per heavy atom. The SMILES string of the molecule is O=C(CCc1ccc(F)cc1)c1ccc(B(O)O)cc1. The van der Waals surface area contributed by atoms with Crippen LogP contribution >= 0.6 is 0 Å². The molecule has 0 aliphatic carbocycles. The van der Waals surface area contributed by atoms with Crippen molar-refractivity contribution in [2.24, 2.45) is 0 Å². The van der Waals surface area contributed by atoms with E-state index in [0.717, 1.165) is 5.56 Å². The number of aryl methyl sites for hydroxylation is 1. The molecule has 2 rings (SSSR count). The van der Waals surface area contributed by atoms with Gasteiger partial charge in [-0.3, -0.25) is 4.79 Å². The molecule has 2 aromatic carbocycles. The highest BCUT2D eigenvalue weighted by Crippen LogP contribution is 2.09. The number of carbonyl (C=O) groups is 1. The Labute approximate surface area is 116 Å². The summed E-state index contributed by atoms with van der Waals surface area (Å²) in [6.45, 7) is 0. The van der Waals surface area contributed by atoms with Crippen LogP contribution in [0.1, 0.15) is 22.3 Å². The summed E-state index contributed by atoms with van der Waals surface area (Å²) in [5, 5.41) is 17.9. The van der Waals surface area contributed by atoms with Crippen LogP contribution in [-0.2, 0) is 6.42 Å². The predicted octanol–water partition coefficient (Wildman–Crippen LogP) is 1.32. The van der Waals surface area contributed by atoms with E-state index in [1.807, 2.05) is 0 Å². The second-order valence-electron chi connectivity index (χ2n) is 4.55. The molecule has 3 nitrogen and oxygen atoms in total. The lowest BCUT2D eigenvalue weighted by molar-refractivity contribution is 0.0983. The molecule has 0 amide bonds. The van der Waals surface area contributed by atoms with Crippen molar-refractivity contribution >= 4 is 18.4 Å². The zero-order valence-corrected chi connectivity index (χ0v) is 10.8. The van der Waals surface area contributed by atoms with Gasteiger partial charge in [-0.25, -0.2) is 4.39 Å². The second-order valence-corrected chi connectivity index (χ2v) is 4.55. The Bertz CT molecular complexity index is 579. The number of Topliss-reactive ketones (excluding diaryl/α,β-unsaturated/α-hetero) is 1. The summed E-state index contributed by atoms with van der Waals surface area (Å²) in [6.07, 6.45) is 0.871. The molecule has 2 N–H and O–H groups in total. The number of ketones is 1. The molecular formula is C15H14BFO3. The van der Waals surface area contributed by atoms with Gasteiger partial charge in [0, 0.05) is 12.0 Å². The number of benzene rings is 2. The lowest BCUT2D eigenvalue weighted by atomic mass is 9.80. The third-order valence-corrected chi connectivity index (χ3v) is 3.08. The first-order chi connectivity index (χ1) is 9.56. The largest absolute Gasteiger partial charge is 0.488 e. The van der Waals surface area contributed by atoms with Crippen molar-refractivity contribution in [3.05, 3.63) is 65.5 Å². The molecule has 102 valence electrons. The molecule has 5 heteroatoms. The molecule has 0 fully saturated rings. The average Bonchev–Trinajstić information content (AvgIpc) is 2.46. The Kier molecular flexibility index (Phi) is 4.66. The van der Waals surface area contributed by atoms with Crippen molar-refractivity contribution in [1.82, 2.24) is 0 Å². The van der Waals surface area contributed by atoms with E-state index in [4.69, 9.17) is 10.0 Å². The van der Waals surface area contributed by atoms with Crippen LogP contribution in [0.4, 0.5) is 4.39 Å². The first kappa shape index (κ1) is 14.4. The maximum Gasteiger partial charge on any atom is 0.488 e. The molecule has 0 unspecified atom stereocenters. The summed E-state index contributed by atoms with van der Waals surface area (Å²) >= 11 is 0. The van der Waals surface area contributed by atoms with Crippen molar-refractivity contribution in [3.63, 3.8) is 0 Å². The molecule has 0 heterocycles. The predicted molar refractivity (Wildman–Crippen MR) is 75.3 cm³/mol. The molecule has 0 aliphatic rings. The Morgan fingerprint density at radius 3 is 2.15 bits per heavy atom. The highest BCUT2D eigenvalue weighted by Gasteiger charge is 2.12. The van der Waals surface area contributed by atoms with Crippen LogP contribution in [0.3, 0.4) is 0 Å². The van der Waals surface area contributed by atoms with Crippen LogP contribution in [0.5, 0.6) is 0 Å². The maximum atomic E-state index is 12.7. The molecule has 0 radical (unpaired) electrons. The molecule has 0 aliphatic heterocycles. The number of hydrogen-bond donors (Lipinski definition) is 2. The Balaban J connectivity index is 1.96. The van der Waals surface area contributed by atoms with Crippen LogP contribution in [0.2, 0.25) is 0 Å². The van der Waals surface area contributed by atoms with E-state index < -0.39 is 7.12 Å². The number of carbonyl (C=O) groups excluding carboxylic acids is 1. The summed E-state index contributed by atoms with van der Waals surface area (Å²) in [4.78, 5) is 12.0. The smallest absolute Gasteiger partial charge is 0.423 e. The summed E-state index contributed by atoms with van der Waals surface area (Å²) < 4.78 is 12.7. The van der Waals surface area contributed by atoms with Crippen molar-refractivity contribution in [2.75, 3.05) is 0 Å². The minimum Gasteiger partial charge on any atom is -0.423 e. The standard InChI is InChI=1S/C15H14BFO3/c17-14-8-1-11(2-9-14)3-10-15(18)12-4-6-13(7-5-12)16(19)20/h1-2,4-9,19-20H,3,10H2. The third-order valence-electron chi connectivity index (χ3n) is 3.08.